The lowest BCUT2D eigenvalue weighted by Crippen LogP contribution is -2.35. The number of piperidine rings is 1. The van der Waals surface area contributed by atoms with Crippen LogP contribution in [0.2, 0.25) is 5.02 Å². The Bertz CT molecular complexity index is 1590. The first kappa shape index (κ1) is 27.8. The van der Waals surface area contributed by atoms with Crippen molar-refractivity contribution in [3.05, 3.63) is 68.4 Å². The Hall–Kier alpha value is -3.38. The Kier molecular flexibility index (Phi) is 8.03. The van der Waals surface area contributed by atoms with Gasteiger partial charge in [0.1, 0.15) is 12.4 Å². The molecule has 1 N–H and O–H groups in total. The smallest absolute Gasteiger partial charge is 0.335 e. The van der Waals surface area contributed by atoms with E-state index in [1.807, 2.05) is 6.07 Å². The molecule has 0 aliphatic carbocycles. The Morgan fingerprint density at radius 3 is 2.66 bits per heavy atom. The molecule has 6 rings (SSSR count). The summed E-state index contributed by atoms with van der Waals surface area (Å²) >= 11 is 7.59. The number of imidazole rings is 1. The zero-order chi connectivity index (χ0) is 28.5. The highest BCUT2D eigenvalue weighted by Crippen LogP contribution is 2.31. The second kappa shape index (κ2) is 11.8. The number of halogens is 1. The van der Waals surface area contributed by atoms with Crippen LogP contribution in [0.3, 0.4) is 0 Å². The van der Waals surface area contributed by atoms with Gasteiger partial charge < -0.3 is 19.1 Å². The van der Waals surface area contributed by atoms with Gasteiger partial charge in [0.15, 0.2) is 5.78 Å². The van der Waals surface area contributed by atoms with Crippen LogP contribution >= 0.6 is 22.9 Å². The molecule has 0 amide bonds. The normalized spacial score (nSPS) is 18.0. The van der Waals surface area contributed by atoms with Crippen LogP contribution in [-0.2, 0) is 24.4 Å². The molecular weight excluding hydrogens is 566 g/mol. The minimum Gasteiger partial charge on any atom is -0.478 e. The van der Waals surface area contributed by atoms with Crippen molar-refractivity contribution in [2.24, 2.45) is 0 Å². The fourth-order valence-electron chi connectivity index (χ4n) is 5.31. The molecule has 10 nitrogen and oxygen atoms in total. The van der Waals surface area contributed by atoms with Crippen molar-refractivity contribution < 1.29 is 24.2 Å². The van der Waals surface area contributed by atoms with Crippen molar-refractivity contribution in [1.29, 1.82) is 0 Å². The van der Waals surface area contributed by atoms with Gasteiger partial charge in [-0.05, 0) is 69.6 Å². The molecule has 0 saturated carbocycles. The van der Waals surface area contributed by atoms with E-state index >= 15 is 0 Å². The Morgan fingerprint density at radius 1 is 1.17 bits per heavy atom. The van der Waals surface area contributed by atoms with Gasteiger partial charge in [0.25, 0.3) is 0 Å². The zero-order valence-electron chi connectivity index (χ0n) is 22.6. The van der Waals surface area contributed by atoms with Gasteiger partial charge in [-0.1, -0.05) is 11.6 Å². The number of ketones is 1. The summed E-state index contributed by atoms with van der Waals surface area (Å²) in [6.45, 7) is 5.60. The third-order valence-corrected chi connectivity index (χ3v) is 9.38. The number of hydrogen-bond donors (Lipinski definition) is 1. The van der Waals surface area contributed by atoms with Crippen LogP contribution in [0.5, 0.6) is 6.01 Å². The molecule has 1 atom stereocenters. The van der Waals surface area contributed by atoms with Gasteiger partial charge in [-0.15, -0.1) is 11.3 Å². The lowest BCUT2D eigenvalue weighted by Gasteiger charge is -2.32. The number of benzene rings is 1. The summed E-state index contributed by atoms with van der Waals surface area (Å²) in [6.07, 6.45) is 4.71. The molecule has 2 aliphatic rings. The number of ether oxygens (including phenoxy) is 2. The van der Waals surface area contributed by atoms with Crippen LogP contribution in [0.4, 0.5) is 0 Å². The monoisotopic (exact) mass is 595 g/mol. The Morgan fingerprint density at radius 2 is 1.98 bits per heavy atom. The number of likely N-dealkylation sites (tertiary alicyclic amines) is 1. The maximum atomic E-state index is 11.6. The molecule has 4 aromatic rings. The summed E-state index contributed by atoms with van der Waals surface area (Å²) in [5, 5.41) is 10.0. The number of Topliss-reactive ketones (excluding diaryl/α,β-unsaturated/α-hetero) is 1. The fraction of sp³-hybridized carbons (Fsp3) is 0.414. The first-order chi connectivity index (χ1) is 19.8. The molecule has 12 heteroatoms. The summed E-state index contributed by atoms with van der Waals surface area (Å²) in [4.78, 5) is 40.8. The van der Waals surface area contributed by atoms with E-state index < -0.39 is 5.97 Å². The number of aromatic nitrogens is 4. The number of fused-ring (bicyclic) bond motifs is 1. The van der Waals surface area contributed by atoms with Crippen LogP contribution in [0.25, 0.3) is 11.0 Å². The number of thiophene rings is 1. The number of carboxylic acid groups (broad SMARTS) is 1. The minimum atomic E-state index is -0.945. The zero-order valence-corrected chi connectivity index (χ0v) is 24.2. The molecule has 0 radical (unpaired) electrons. The van der Waals surface area contributed by atoms with Gasteiger partial charge in [-0.3, -0.25) is 9.69 Å². The Balaban J connectivity index is 1.10. The van der Waals surface area contributed by atoms with E-state index in [0.29, 0.717) is 29.0 Å². The molecule has 3 aromatic heterocycles. The molecule has 2 saturated heterocycles. The second-order valence-corrected chi connectivity index (χ2v) is 12.0. The van der Waals surface area contributed by atoms with E-state index in [1.165, 1.54) is 18.3 Å². The fourth-order valence-corrected chi connectivity index (χ4v) is 6.51. The SMILES string of the molecule is CC(=O)c1cc(Cl)c(COc2nccc(C3CCN(Cc4nc5ccc(C(=O)O)cc5n4C[C@@H]4CCO4)CC3)n2)s1. The van der Waals surface area contributed by atoms with Crippen LogP contribution in [-0.4, -0.2) is 67.1 Å². The summed E-state index contributed by atoms with van der Waals surface area (Å²) < 4.78 is 13.6. The number of hydrogen-bond acceptors (Lipinski definition) is 9. The molecule has 0 bridgehead atoms. The maximum absolute atomic E-state index is 11.6. The molecule has 5 heterocycles. The lowest BCUT2D eigenvalue weighted by atomic mass is 9.93. The topological polar surface area (TPSA) is 120 Å². The van der Waals surface area contributed by atoms with Crippen molar-refractivity contribution in [3.63, 3.8) is 0 Å². The molecule has 0 spiro atoms. The predicted molar refractivity (Wildman–Crippen MR) is 154 cm³/mol. The molecule has 41 heavy (non-hydrogen) atoms. The number of carbonyl (C=O) groups excluding carboxylic acids is 1. The first-order valence-corrected chi connectivity index (χ1v) is 14.8. The van der Waals surface area contributed by atoms with Gasteiger partial charge in [-0.25, -0.2) is 14.8 Å². The van der Waals surface area contributed by atoms with Gasteiger partial charge in [0.2, 0.25) is 0 Å². The molecule has 214 valence electrons. The van der Waals surface area contributed by atoms with E-state index in [4.69, 9.17) is 26.1 Å². The maximum Gasteiger partial charge on any atom is 0.335 e. The number of aromatic carboxylic acids is 1. The summed E-state index contributed by atoms with van der Waals surface area (Å²) in [5.74, 6) is 0.240. The van der Waals surface area contributed by atoms with Gasteiger partial charge in [0, 0.05) is 18.7 Å². The van der Waals surface area contributed by atoms with Crippen molar-refractivity contribution >= 4 is 45.7 Å². The van der Waals surface area contributed by atoms with E-state index in [-0.39, 0.29) is 30.0 Å². The second-order valence-electron chi connectivity index (χ2n) is 10.5. The average molecular weight is 596 g/mol. The highest BCUT2D eigenvalue weighted by Gasteiger charge is 2.26. The van der Waals surface area contributed by atoms with Crippen molar-refractivity contribution in [2.45, 2.75) is 57.9 Å². The standard InChI is InChI=1S/C29H30ClN5O5S/c1-17(36)25-13-21(30)26(41-25)16-40-29-31-8-4-22(33-29)18-5-9-34(10-6-18)15-27-32-23-3-2-19(28(37)38)12-24(23)35(27)14-20-7-11-39-20/h2-4,8,12-13,18,20H,5-7,9-11,14-16H2,1H3,(H,37,38)/t20-/m0/s1. The number of nitrogens with zero attached hydrogens (tertiary/aromatic N) is 5. The van der Waals surface area contributed by atoms with E-state index in [1.54, 1.807) is 30.5 Å². The highest BCUT2D eigenvalue weighted by molar-refractivity contribution is 7.14. The summed E-state index contributed by atoms with van der Waals surface area (Å²) in [6, 6.07) is 9.01. The quantitative estimate of drug-likeness (QED) is 0.247. The van der Waals surface area contributed by atoms with Gasteiger partial charge in [-0.2, -0.15) is 4.98 Å². The van der Waals surface area contributed by atoms with E-state index in [2.05, 4.69) is 19.4 Å². The molecular formula is C29H30ClN5O5S. The lowest BCUT2D eigenvalue weighted by molar-refractivity contribution is -0.0592. The van der Waals surface area contributed by atoms with Gasteiger partial charge in [0.05, 0.1) is 56.3 Å². The first-order valence-electron chi connectivity index (χ1n) is 13.7. The third kappa shape index (κ3) is 6.13. The number of carboxylic acids is 1. The highest BCUT2D eigenvalue weighted by atomic mass is 35.5. The van der Waals surface area contributed by atoms with Crippen molar-refractivity contribution in [3.8, 4) is 6.01 Å². The van der Waals surface area contributed by atoms with Crippen molar-refractivity contribution in [2.75, 3.05) is 19.7 Å². The number of carbonyl (C=O) groups is 2. The van der Waals surface area contributed by atoms with Crippen molar-refractivity contribution in [1.82, 2.24) is 24.4 Å². The third-order valence-electron chi connectivity index (χ3n) is 7.72. The van der Waals surface area contributed by atoms with Gasteiger partial charge >= 0.3 is 12.0 Å². The average Bonchev–Trinajstić information content (AvgIpc) is 3.49. The molecule has 2 fully saturated rings. The summed E-state index contributed by atoms with van der Waals surface area (Å²) in [5.41, 5.74) is 2.84. The summed E-state index contributed by atoms with van der Waals surface area (Å²) in [7, 11) is 0. The largest absolute Gasteiger partial charge is 0.478 e. The predicted octanol–water partition coefficient (Wildman–Crippen LogP) is 5.19. The van der Waals surface area contributed by atoms with E-state index in [9.17, 15) is 14.7 Å². The minimum absolute atomic E-state index is 0.0234. The van der Waals surface area contributed by atoms with Crippen LogP contribution in [0.15, 0.2) is 36.5 Å². The molecule has 1 aromatic carbocycles. The van der Waals surface area contributed by atoms with Crippen LogP contribution in [0, 0.1) is 0 Å². The molecule has 2 aliphatic heterocycles. The van der Waals surface area contributed by atoms with Crippen LogP contribution in [0.1, 0.15) is 68.5 Å². The number of rotatable bonds is 10. The molecule has 0 unspecified atom stereocenters. The van der Waals surface area contributed by atoms with Crippen LogP contribution < -0.4 is 4.74 Å². The van der Waals surface area contributed by atoms with E-state index in [0.717, 1.165) is 66.4 Å². The Labute approximate surface area is 245 Å².